The molecule has 7 nitrogen and oxygen atoms in total. The standard InChI is InChI=1S/C45H85NO6S/c1-3-5-7-9-11-13-15-17-19-21-22-24-25-27-29-31-33-35-37-39-43(47)42(41-53(50,51)52)46-45(49)44(48)40-38-36-34-32-30-28-26-23-20-18-16-14-12-10-8-6-4-2/h26,28-29,31,37,39,42-44,47-48H,3-25,27,30,32-36,38,40-41H2,1-2H3,(H,46,49)(H,50,51,52)/b28-26-,31-29+,39-37+. The summed E-state index contributed by atoms with van der Waals surface area (Å²) in [5.74, 6) is -1.57. The van der Waals surface area contributed by atoms with Gasteiger partial charge < -0.3 is 15.5 Å². The number of nitrogens with one attached hydrogen (secondary N) is 1. The highest BCUT2D eigenvalue weighted by Crippen LogP contribution is 2.15. The fourth-order valence-corrected chi connectivity index (χ4v) is 7.44. The molecular formula is C45H85NO6S. The molecule has 8 heteroatoms. The molecule has 1 amide bonds. The number of rotatable bonds is 40. The quantitative estimate of drug-likeness (QED) is 0.0280. The molecular weight excluding hydrogens is 683 g/mol. The lowest BCUT2D eigenvalue weighted by Gasteiger charge is -2.22. The minimum absolute atomic E-state index is 0.260. The Kier molecular flexibility index (Phi) is 37.7. The summed E-state index contributed by atoms with van der Waals surface area (Å²) < 4.78 is 32.6. The van der Waals surface area contributed by atoms with E-state index in [9.17, 15) is 28.0 Å². The lowest BCUT2D eigenvalue weighted by Crippen LogP contribution is -2.50. The third-order valence-electron chi connectivity index (χ3n) is 10.1. The number of carbonyl (C=O) groups excluding carboxylic acids is 1. The maximum atomic E-state index is 12.6. The molecule has 0 bridgehead atoms. The van der Waals surface area contributed by atoms with Gasteiger partial charge in [-0.25, -0.2) is 0 Å². The number of allylic oxidation sites excluding steroid dienone is 5. The lowest BCUT2D eigenvalue weighted by atomic mass is 10.0. The minimum Gasteiger partial charge on any atom is -0.387 e. The third kappa shape index (κ3) is 38.6. The summed E-state index contributed by atoms with van der Waals surface area (Å²) in [6, 6.07) is -1.25. The maximum absolute atomic E-state index is 12.6. The van der Waals surface area contributed by atoms with Crippen molar-refractivity contribution in [1.29, 1.82) is 0 Å². The Balaban J connectivity index is 4.05. The number of unbranched alkanes of at least 4 members (excludes halogenated alkanes) is 27. The van der Waals surface area contributed by atoms with Crippen molar-refractivity contribution in [3.05, 3.63) is 36.5 Å². The fourth-order valence-electron chi connectivity index (χ4n) is 6.70. The molecule has 3 atom stereocenters. The van der Waals surface area contributed by atoms with Crippen molar-refractivity contribution in [2.24, 2.45) is 0 Å². The number of aliphatic hydroxyl groups excluding tert-OH is 2. The van der Waals surface area contributed by atoms with Crippen LogP contribution in [0, 0.1) is 0 Å². The van der Waals surface area contributed by atoms with Gasteiger partial charge in [-0.15, -0.1) is 0 Å². The Morgan fingerprint density at radius 2 is 0.849 bits per heavy atom. The van der Waals surface area contributed by atoms with E-state index in [1.54, 1.807) is 6.08 Å². The minimum atomic E-state index is -4.46. The zero-order chi connectivity index (χ0) is 39.1. The van der Waals surface area contributed by atoms with Crippen LogP contribution in [0.5, 0.6) is 0 Å². The number of aliphatic hydroxyl groups is 2. The molecule has 4 N–H and O–H groups in total. The normalized spacial score (nSPS) is 14.1. The van der Waals surface area contributed by atoms with Gasteiger partial charge in [-0.1, -0.05) is 198 Å². The van der Waals surface area contributed by atoms with Crippen LogP contribution in [-0.2, 0) is 14.9 Å². The van der Waals surface area contributed by atoms with Crippen LogP contribution in [0.4, 0.5) is 0 Å². The van der Waals surface area contributed by atoms with Crippen LogP contribution >= 0.6 is 0 Å². The summed E-state index contributed by atoms with van der Waals surface area (Å²) in [7, 11) is -4.46. The van der Waals surface area contributed by atoms with Crippen LogP contribution in [0.2, 0.25) is 0 Å². The van der Waals surface area contributed by atoms with Crippen molar-refractivity contribution in [1.82, 2.24) is 5.32 Å². The summed E-state index contributed by atoms with van der Waals surface area (Å²) in [6.45, 7) is 4.52. The Bertz CT molecular complexity index is 995. The summed E-state index contributed by atoms with van der Waals surface area (Å²) in [5, 5.41) is 23.4. The maximum Gasteiger partial charge on any atom is 0.267 e. The van der Waals surface area contributed by atoms with Crippen LogP contribution in [0.3, 0.4) is 0 Å². The van der Waals surface area contributed by atoms with Gasteiger partial charge in [0.15, 0.2) is 0 Å². The zero-order valence-electron chi connectivity index (χ0n) is 34.5. The Morgan fingerprint density at radius 1 is 0.509 bits per heavy atom. The summed E-state index contributed by atoms with van der Waals surface area (Å²) in [5.41, 5.74) is 0. The van der Waals surface area contributed by atoms with Gasteiger partial charge in [0.2, 0.25) is 5.91 Å². The number of amides is 1. The monoisotopic (exact) mass is 768 g/mol. The molecule has 0 fully saturated rings. The fraction of sp³-hybridized carbons (Fsp3) is 0.844. The van der Waals surface area contributed by atoms with Crippen molar-refractivity contribution in [2.45, 2.75) is 238 Å². The highest BCUT2D eigenvalue weighted by atomic mass is 32.2. The van der Waals surface area contributed by atoms with Gasteiger partial charge in [-0.2, -0.15) is 8.42 Å². The second-order valence-corrected chi connectivity index (χ2v) is 17.0. The van der Waals surface area contributed by atoms with E-state index in [1.165, 1.54) is 147 Å². The van der Waals surface area contributed by atoms with Crippen molar-refractivity contribution >= 4 is 16.0 Å². The zero-order valence-corrected chi connectivity index (χ0v) is 35.3. The summed E-state index contributed by atoms with van der Waals surface area (Å²) in [4.78, 5) is 12.6. The SMILES string of the molecule is CCCCCCCCCCC/C=C\CCCCCCC(O)C(=O)NC(CS(=O)(=O)O)C(O)/C=C/CC/C=C/CCCCCCCCCCCCCCC. The Morgan fingerprint density at radius 3 is 1.25 bits per heavy atom. The first-order valence-electron chi connectivity index (χ1n) is 22.3. The molecule has 0 heterocycles. The number of carbonyl (C=O) groups is 1. The molecule has 53 heavy (non-hydrogen) atoms. The predicted octanol–water partition coefficient (Wildman–Crippen LogP) is 12.3. The second-order valence-electron chi connectivity index (χ2n) is 15.5. The van der Waals surface area contributed by atoms with Crippen LogP contribution in [-0.4, -0.2) is 53.1 Å². The van der Waals surface area contributed by atoms with Crippen LogP contribution < -0.4 is 5.32 Å². The smallest absolute Gasteiger partial charge is 0.267 e. The largest absolute Gasteiger partial charge is 0.387 e. The van der Waals surface area contributed by atoms with E-state index in [-0.39, 0.29) is 6.42 Å². The average Bonchev–Trinajstić information content (AvgIpc) is 3.12. The van der Waals surface area contributed by atoms with E-state index in [0.29, 0.717) is 12.8 Å². The van der Waals surface area contributed by atoms with Gasteiger partial charge in [0.25, 0.3) is 10.1 Å². The highest BCUT2D eigenvalue weighted by Gasteiger charge is 2.27. The van der Waals surface area contributed by atoms with Gasteiger partial charge in [0.1, 0.15) is 6.10 Å². The first-order chi connectivity index (χ1) is 25.7. The lowest BCUT2D eigenvalue weighted by molar-refractivity contribution is -0.130. The first-order valence-corrected chi connectivity index (χ1v) is 23.9. The molecule has 3 unspecified atom stereocenters. The second kappa shape index (κ2) is 38.8. The highest BCUT2D eigenvalue weighted by molar-refractivity contribution is 7.85. The van der Waals surface area contributed by atoms with E-state index < -0.39 is 40.0 Å². The van der Waals surface area contributed by atoms with E-state index in [2.05, 4.69) is 43.5 Å². The van der Waals surface area contributed by atoms with E-state index >= 15 is 0 Å². The number of hydrogen-bond acceptors (Lipinski definition) is 5. The molecule has 0 aromatic carbocycles. The Hall–Kier alpha value is -1.48. The van der Waals surface area contributed by atoms with Crippen LogP contribution in [0.25, 0.3) is 0 Å². The molecule has 0 spiro atoms. The van der Waals surface area contributed by atoms with E-state index in [1.807, 2.05) is 0 Å². The molecule has 0 rings (SSSR count). The van der Waals surface area contributed by atoms with Gasteiger partial charge in [0.05, 0.1) is 17.9 Å². The predicted molar refractivity (Wildman–Crippen MR) is 227 cm³/mol. The summed E-state index contributed by atoms with van der Waals surface area (Å²) >= 11 is 0. The van der Waals surface area contributed by atoms with Crippen LogP contribution in [0.1, 0.15) is 219 Å². The molecule has 0 aliphatic rings. The molecule has 0 saturated carbocycles. The number of hydrogen-bond donors (Lipinski definition) is 4. The van der Waals surface area contributed by atoms with Gasteiger partial charge >= 0.3 is 0 Å². The molecule has 0 aliphatic heterocycles. The molecule has 0 radical (unpaired) electrons. The van der Waals surface area contributed by atoms with Crippen molar-refractivity contribution in [2.75, 3.05) is 5.75 Å². The van der Waals surface area contributed by atoms with Crippen molar-refractivity contribution in [3.63, 3.8) is 0 Å². The van der Waals surface area contributed by atoms with Crippen molar-refractivity contribution in [3.8, 4) is 0 Å². The third-order valence-corrected chi connectivity index (χ3v) is 10.9. The molecule has 0 aromatic heterocycles. The average molecular weight is 768 g/mol. The van der Waals surface area contributed by atoms with E-state index in [4.69, 9.17) is 0 Å². The molecule has 312 valence electrons. The van der Waals surface area contributed by atoms with E-state index in [0.717, 1.165) is 44.9 Å². The molecule has 0 saturated heterocycles. The molecule has 0 aliphatic carbocycles. The summed E-state index contributed by atoms with van der Waals surface area (Å²) in [6.07, 6.45) is 47.8. The first kappa shape index (κ1) is 51.5. The topological polar surface area (TPSA) is 124 Å². The van der Waals surface area contributed by atoms with Gasteiger partial charge in [0, 0.05) is 0 Å². The van der Waals surface area contributed by atoms with Gasteiger partial charge in [-0.05, 0) is 57.8 Å². The van der Waals surface area contributed by atoms with Crippen LogP contribution in [0.15, 0.2) is 36.5 Å². The molecule has 0 aromatic rings. The van der Waals surface area contributed by atoms with Gasteiger partial charge in [-0.3, -0.25) is 9.35 Å². The van der Waals surface area contributed by atoms with Crippen molar-refractivity contribution < 1.29 is 28.0 Å². The Labute approximate surface area is 328 Å².